The Morgan fingerprint density at radius 3 is 2.79 bits per heavy atom. The van der Waals surface area contributed by atoms with Gasteiger partial charge in [-0.2, -0.15) is 0 Å². The Hall–Kier alpha value is -0.610. The number of likely N-dealkylation sites (N-methyl/N-ethyl adjacent to an activating group) is 1. The number of nitrogens with zero attached hydrogens (tertiary/aromatic N) is 1. The molecule has 2 saturated heterocycles. The highest BCUT2D eigenvalue weighted by atomic mass is 16.2. The molecule has 0 saturated carbocycles. The van der Waals surface area contributed by atoms with E-state index in [1.807, 2.05) is 19.0 Å². The number of carbonyl (C=O) groups is 1. The second-order valence-electron chi connectivity index (χ2n) is 4.69. The van der Waals surface area contributed by atoms with Crippen LogP contribution in [0.1, 0.15) is 19.3 Å². The highest BCUT2D eigenvalue weighted by molar-refractivity contribution is 5.78. The summed E-state index contributed by atoms with van der Waals surface area (Å²) in [5, 5.41) is 6.61. The molecular weight excluding hydrogens is 178 g/mol. The molecule has 0 aromatic rings. The molecule has 2 bridgehead atoms. The molecule has 14 heavy (non-hydrogen) atoms. The van der Waals surface area contributed by atoms with E-state index in [9.17, 15) is 4.79 Å². The van der Waals surface area contributed by atoms with Gasteiger partial charge >= 0.3 is 0 Å². The van der Waals surface area contributed by atoms with Gasteiger partial charge in [0.15, 0.2) is 0 Å². The lowest BCUT2D eigenvalue weighted by atomic mass is 9.95. The van der Waals surface area contributed by atoms with Crippen LogP contribution in [0.4, 0.5) is 0 Å². The average molecular weight is 197 g/mol. The van der Waals surface area contributed by atoms with Crippen molar-refractivity contribution in [3.8, 4) is 0 Å². The van der Waals surface area contributed by atoms with E-state index in [2.05, 4.69) is 10.6 Å². The second-order valence-corrected chi connectivity index (χ2v) is 4.69. The van der Waals surface area contributed by atoms with Crippen molar-refractivity contribution in [2.45, 2.75) is 37.4 Å². The fraction of sp³-hybridized carbons (Fsp3) is 0.900. The fourth-order valence-electron chi connectivity index (χ4n) is 2.52. The van der Waals surface area contributed by atoms with Gasteiger partial charge in [-0.3, -0.25) is 4.79 Å². The standard InChI is InChI=1S/C10H19N3O/c1-13(2)6-10(14)12-9-5-7-3-4-8(9)11-7/h7-9,11H,3-6H2,1-2H3,(H,12,14). The van der Waals surface area contributed by atoms with Gasteiger partial charge in [-0.1, -0.05) is 0 Å². The quantitative estimate of drug-likeness (QED) is 0.644. The fourth-order valence-corrected chi connectivity index (χ4v) is 2.52. The molecule has 0 spiro atoms. The lowest BCUT2D eigenvalue weighted by molar-refractivity contribution is -0.122. The molecule has 2 aliphatic heterocycles. The van der Waals surface area contributed by atoms with Crippen molar-refractivity contribution in [2.24, 2.45) is 0 Å². The van der Waals surface area contributed by atoms with Gasteiger partial charge in [0.25, 0.3) is 0 Å². The summed E-state index contributed by atoms with van der Waals surface area (Å²) in [6.45, 7) is 0.494. The molecule has 0 radical (unpaired) electrons. The molecule has 0 aromatic heterocycles. The van der Waals surface area contributed by atoms with E-state index in [4.69, 9.17) is 0 Å². The molecule has 4 heteroatoms. The van der Waals surface area contributed by atoms with Crippen molar-refractivity contribution in [1.82, 2.24) is 15.5 Å². The molecular formula is C10H19N3O. The van der Waals surface area contributed by atoms with Crippen molar-refractivity contribution in [3.63, 3.8) is 0 Å². The highest BCUT2D eigenvalue weighted by Gasteiger charge is 2.39. The summed E-state index contributed by atoms with van der Waals surface area (Å²) in [6, 6.07) is 1.57. The van der Waals surface area contributed by atoms with Crippen molar-refractivity contribution < 1.29 is 4.79 Å². The van der Waals surface area contributed by atoms with Crippen LogP contribution in [0.2, 0.25) is 0 Å². The average Bonchev–Trinajstić information content (AvgIpc) is 2.62. The zero-order chi connectivity index (χ0) is 10.1. The first-order chi connectivity index (χ1) is 6.65. The SMILES string of the molecule is CN(C)CC(=O)NC1CC2CCC1N2. The van der Waals surface area contributed by atoms with Crippen LogP contribution in [0.15, 0.2) is 0 Å². The van der Waals surface area contributed by atoms with Gasteiger partial charge in [0, 0.05) is 18.1 Å². The molecule has 0 aliphatic carbocycles. The third-order valence-electron chi connectivity index (χ3n) is 3.11. The van der Waals surface area contributed by atoms with E-state index in [-0.39, 0.29) is 5.91 Å². The Morgan fingerprint density at radius 1 is 1.50 bits per heavy atom. The van der Waals surface area contributed by atoms with E-state index in [1.54, 1.807) is 0 Å². The van der Waals surface area contributed by atoms with E-state index in [0.717, 1.165) is 6.42 Å². The number of hydrogen-bond acceptors (Lipinski definition) is 3. The number of nitrogens with one attached hydrogen (secondary N) is 2. The van der Waals surface area contributed by atoms with Crippen molar-refractivity contribution in [2.75, 3.05) is 20.6 Å². The van der Waals surface area contributed by atoms with Crippen molar-refractivity contribution in [3.05, 3.63) is 0 Å². The summed E-state index contributed by atoms with van der Waals surface area (Å²) < 4.78 is 0. The Kier molecular flexibility index (Phi) is 2.74. The summed E-state index contributed by atoms with van der Waals surface area (Å²) in [5.74, 6) is 0.148. The molecule has 2 heterocycles. The van der Waals surface area contributed by atoms with E-state index in [0.29, 0.717) is 24.7 Å². The number of amides is 1. The van der Waals surface area contributed by atoms with Gasteiger partial charge in [0.1, 0.15) is 0 Å². The monoisotopic (exact) mass is 197 g/mol. The predicted octanol–water partition coefficient (Wildman–Crippen LogP) is -0.443. The van der Waals surface area contributed by atoms with Crippen LogP contribution in [0.25, 0.3) is 0 Å². The first-order valence-electron chi connectivity index (χ1n) is 5.35. The Bertz CT molecular complexity index is 229. The first kappa shape index (κ1) is 9.93. The topological polar surface area (TPSA) is 44.4 Å². The minimum atomic E-state index is 0.148. The van der Waals surface area contributed by atoms with Crippen molar-refractivity contribution in [1.29, 1.82) is 0 Å². The van der Waals surface area contributed by atoms with Gasteiger partial charge in [0.2, 0.25) is 5.91 Å². The van der Waals surface area contributed by atoms with Crippen LogP contribution in [0.5, 0.6) is 0 Å². The molecule has 1 amide bonds. The van der Waals surface area contributed by atoms with Crippen LogP contribution in [0.3, 0.4) is 0 Å². The van der Waals surface area contributed by atoms with Crippen LogP contribution in [0, 0.1) is 0 Å². The van der Waals surface area contributed by atoms with Crippen LogP contribution < -0.4 is 10.6 Å². The van der Waals surface area contributed by atoms with E-state index in [1.165, 1.54) is 12.8 Å². The zero-order valence-electron chi connectivity index (χ0n) is 8.92. The molecule has 0 aromatic carbocycles. The Morgan fingerprint density at radius 2 is 2.29 bits per heavy atom. The maximum Gasteiger partial charge on any atom is 0.234 e. The van der Waals surface area contributed by atoms with Crippen LogP contribution in [-0.4, -0.2) is 49.6 Å². The van der Waals surface area contributed by atoms with E-state index >= 15 is 0 Å². The molecule has 2 rings (SSSR count). The number of carbonyl (C=O) groups excluding carboxylic acids is 1. The van der Waals surface area contributed by atoms with Crippen molar-refractivity contribution >= 4 is 5.91 Å². The third-order valence-corrected chi connectivity index (χ3v) is 3.11. The molecule has 2 aliphatic rings. The maximum absolute atomic E-state index is 11.5. The summed E-state index contributed by atoms with van der Waals surface area (Å²) in [5.41, 5.74) is 0. The van der Waals surface area contributed by atoms with E-state index < -0.39 is 0 Å². The Balaban J connectivity index is 1.78. The summed E-state index contributed by atoms with van der Waals surface area (Å²) in [7, 11) is 3.83. The smallest absolute Gasteiger partial charge is 0.234 e. The van der Waals surface area contributed by atoms with Gasteiger partial charge in [-0.05, 0) is 33.4 Å². The molecule has 2 fully saturated rings. The second kappa shape index (κ2) is 3.87. The summed E-state index contributed by atoms with van der Waals surface area (Å²) in [6.07, 6.45) is 3.62. The van der Waals surface area contributed by atoms with Crippen LogP contribution >= 0.6 is 0 Å². The number of hydrogen-bond donors (Lipinski definition) is 2. The maximum atomic E-state index is 11.5. The minimum absolute atomic E-state index is 0.148. The van der Waals surface area contributed by atoms with Gasteiger partial charge < -0.3 is 15.5 Å². The third kappa shape index (κ3) is 2.07. The van der Waals surface area contributed by atoms with Gasteiger partial charge in [-0.15, -0.1) is 0 Å². The van der Waals surface area contributed by atoms with Gasteiger partial charge in [0.05, 0.1) is 6.54 Å². The lowest BCUT2D eigenvalue weighted by Gasteiger charge is -2.22. The minimum Gasteiger partial charge on any atom is -0.351 e. The number of rotatable bonds is 3. The first-order valence-corrected chi connectivity index (χ1v) is 5.35. The zero-order valence-corrected chi connectivity index (χ0v) is 8.92. The lowest BCUT2D eigenvalue weighted by Crippen LogP contribution is -2.45. The normalized spacial score (nSPS) is 35.2. The summed E-state index contributed by atoms with van der Waals surface area (Å²) in [4.78, 5) is 13.4. The van der Waals surface area contributed by atoms with Crippen LogP contribution in [-0.2, 0) is 4.79 Å². The molecule has 2 N–H and O–H groups in total. The molecule has 3 unspecified atom stereocenters. The molecule has 3 atom stereocenters. The molecule has 80 valence electrons. The highest BCUT2D eigenvalue weighted by Crippen LogP contribution is 2.27. The summed E-state index contributed by atoms with van der Waals surface area (Å²) >= 11 is 0. The number of fused-ring (bicyclic) bond motifs is 2. The predicted molar refractivity (Wildman–Crippen MR) is 55.0 cm³/mol. The largest absolute Gasteiger partial charge is 0.351 e. The Labute approximate surface area is 85.0 Å². The van der Waals surface area contributed by atoms with Gasteiger partial charge in [-0.25, -0.2) is 0 Å². The molecule has 4 nitrogen and oxygen atoms in total.